The first-order valence-electron chi connectivity index (χ1n) is 6.22. The molecule has 0 bridgehead atoms. The molecule has 0 aliphatic heterocycles. The summed E-state index contributed by atoms with van der Waals surface area (Å²) in [6, 6.07) is 10.6. The van der Waals surface area contributed by atoms with Crippen molar-refractivity contribution in [3.05, 3.63) is 52.7 Å². The summed E-state index contributed by atoms with van der Waals surface area (Å²) in [5.74, 6) is 0.390. The van der Waals surface area contributed by atoms with Gasteiger partial charge < -0.3 is 9.84 Å². The van der Waals surface area contributed by atoms with E-state index in [1.54, 1.807) is 30.3 Å². The van der Waals surface area contributed by atoms with E-state index in [0.29, 0.717) is 17.0 Å². The highest BCUT2D eigenvalue weighted by molar-refractivity contribution is 5.32. The van der Waals surface area contributed by atoms with Gasteiger partial charge in [0.05, 0.1) is 17.3 Å². The number of benzene rings is 1. The van der Waals surface area contributed by atoms with Crippen molar-refractivity contribution in [3.63, 3.8) is 0 Å². The Morgan fingerprint density at radius 2 is 1.95 bits per heavy atom. The molecule has 20 heavy (non-hydrogen) atoms. The number of aromatic nitrogens is 2. The standard InChI is InChI=1S/C15H15N3O2/c1-10-7-15(18-17-11(10)2)20-9-14(19)13-5-3-12(8-16)4-6-13/h3-7,14,19H,9H2,1-2H3. The van der Waals surface area contributed by atoms with Crippen LogP contribution in [0, 0.1) is 25.2 Å². The fourth-order valence-corrected chi connectivity index (χ4v) is 1.63. The Kier molecular flexibility index (Phi) is 4.28. The number of hydrogen-bond donors (Lipinski definition) is 1. The van der Waals surface area contributed by atoms with Crippen molar-refractivity contribution in [2.24, 2.45) is 0 Å². The topological polar surface area (TPSA) is 79.0 Å². The van der Waals surface area contributed by atoms with E-state index >= 15 is 0 Å². The molecule has 0 saturated heterocycles. The number of aliphatic hydroxyl groups excluding tert-OH is 1. The highest BCUT2D eigenvalue weighted by Crippen LogP contribution is 2.16. The van der Waals surface area contributed by atoms with E-state index in [-0.39, 0.29) is 6.61 Å². The van der Waals surface area contributed by atoms with E-state index in [4.69, 9.17) is 10.00 Å². The third-order valence-corrected chi connectivity index (χ3v) is 3.02. The lowest BCUT2D eigenvalue weighted by atomic mass is 10.1. The number of nitriles is 1. The SMILES string of the molecule is Cc1cc(OCC(O)c2ccc(C#N)cc2)nnc1C. The normalized spacial score (nSPS) is 11.7. The molecule has 0 aliphatic carbocycles. The maximum Gasteiger partial charge on any atom is 0.233 e. The Morgan fingerprint density at radius 1 is 1.25 bits per heavy atom. The summed E-state index contributed by atoms with van der Waals surface area (Å²) in [6.07, 6.45) is -0.772. The molecule has 1 N–H and O–H groups in total. The lowest BCUT2D eigenvalue weighted by Gasteiger charge is -2.12. The van der Waals surface area contributed by atoms with Crippen LogP contribution in [0.3, 0.4) is 0 Å². The minimum absolute atomic E-state index is 0.0864. The van der Waals surface area contributed by atoms with Crippen LogP contribution in [0.4, 0.5) is 0 Å². The minimum atomic E-state index is -0.772. The van der Waals surface area contributed by atoms with Crippen LogP contribution in [0.25, 0.3) is 0 Å². The number of hydrogen-bond acceptors (Lipinski definition) is 5. The molecule has 0 spiro atoms. The second kappa shape index (κ2) is 6.13. The van der Waals surface area contributed by atoms with Crippen molar-refractivity contribution in [1.29, 1.82) is 5.26 Å². The molecule has 0 radical (unpaired) electrons. The maximum absolute atomic E-state index is 10.0. The van der Waals surface area contributed by atoms with Gasteiger partial charge in [-0.25, -0.2) is 0 Å². The zero-order valence-electron chi connectivity index (χ0n) is 11.4. The highest BCUT2D eigenvalue weighted by atomic mass is 16.5. The number of nitrogens with zero attached hydrogens (tertiary/aromatic N) is 3. The van der Waals surface area contributed by atoms with Crippen LogP contribution in [0.2, 0.25) is 0 Å². The van der Waals surface area contributed by atoms with E-state index in [1.165, 1.54) is 0 Å². The monoisotopic (exact) mass is 269 g/mol. The van der Waals surface area contributed by atoms with Gasteiger partial charge in [-0.05, 0) is 37.1 Å². The smallest absolute Gasteiger partial charge is 0.233 e. The molecule has 1 aromatic heterocycles. The molecule has 2 rings (SSSR count). The van der Waals surface area contributed by atoms with Crippen LogP contribution in [-0.4, -0.2) is 21.9 Å². The Labute approximate surface area is 117 Å². The van der Waals surface area contributed by atoms with Crippen molar-refractivity contribution in [2.75, 3.05) is 6.61 Å². The summed E-state index contributed by atoms with van der Waals surface area (Å²) in [6.45, 7) is 3.88. The molecule has 1 heterocycles. The van der Waals surface area contributed by atoms with Crippen molar-refractivity contribution in [3.8, 4) is 11.9 Å². The summed E-state index contributed by atoms with van der Waals surface area (Å²) in [7, 11) is 0. The van der Waals surface area contributed by atoms with Crippen LogP contribution in [0.15, 0.2) is 30.3 Å². The third kappa shape index (κ3) is 3.31. The summed E-state index contributed by atoms with van der Waals surface area (Å²) in [5.41, 5.74) is 3.09. The third-order valence-electron chi connectivity index (χ3n) is 3.02. The average molecular weight is 269 g/mol. The average Bonchev–Trinajstić information content (AvgIpc) is 2.48. The molecular weight excluding hydrogens is 254 g/mol. The molecular formula is C15H15N3O2. The number of rotatable bonds is 4. The molecule has 0 amide bonds. The number of aryl methyl sites for hydroxylation is 2. The molecule has 1 aromatic carbocycles. The Morgan fingerprint density at radius 3 is 2.55 bits per heavy atom. The molecule has 2 aromatic rings. The van der Waals surface area contributed by atoms with Gasteiger partial charge in [0.25, 0.3) is 0 Å². The predicted molar refractivity (Wildman–Crippen MR) is 73.1 cm³/mol. The van der Waals surface area contributed by atoms with Gasteiger partial charge in [0.2, 0.25) is 5.88 Å². The Hall–Kier alpha value is -2.45. The first-order valence-corrected chi connectivity index (χ1v) is 6.22. The maximum atomic E-state index is 10.0. The van der Waals surface area contributed by atoms with Gasteiger partial charge in [0.1, 0.15) is 12.7 Å². The first-order chi connectivity index (χ1) is 9.60. The van der Waals surface area contributed by atoms with Gasteiger partial charge in [0.15, 0.2) is 0 Å². The predicted octanol–water partition coefficient (Wildman–Crippen LogP) is 2.08. The molecule has 1 atom stereocenters. The van der Waals surface area contributed by atoms with E-state index in [1.807, 2.05) is 19.9 Å². The van der Waals surface area contributed by atoms with E-state index < -0.39 is 6.10 Å². The van der Waals surface area contributed by atoms with Crippen LogP contribution in [-0.2, 0) is 0 Å². The van der Waals surface area contributed by atoms with Gasteiger partial charge in [-0.3, -0.25) is 0 Å². The quantitative estimate of drug-likeness (QED) is 0.919. The van der Waals surface area contributed by atoms with Gasteiger partial charge in [-0.2, -0.15) is 10.4 Å². The minimum Gasteiger partial charge on any atom is -0.473 e. The van der Waals surface area contributed by atoms with E-state index in [2.05, 4.69) is 10.2 Å². The largest absolute Gasteiger partial charge is 0.473 e. The van der Waals surface area contributed by atoms with Crippen LogP contribution < -0.4 is 4.74 Å². The van der Waals surface area contributed by atoms with Crippen molar-refractivity contribution < 1.29 is 9.84 Å². The van der Waals surface area contributed by atoms with E-state index in [9.17, 15) is 5.11 Å². The summed E-state index contributed by atoms with van der Waals surface area (Å²) in [5, 5.41) is 26.6. The van der Waals surface area contributed by atoms with Crippen molar-refractivity contribution in [2.45, 2.75) is 20.0 Å². The first kappa shape index (κ1) is 14.0. The second-order valence-electron chi connectivity index (χ2n) is 4.51. The molecule has 5 nitrogen and oxygen atoms in total. The molecule has 0 fully saturated rings. The van der Waals surface area contributed by atoms with Gasteiger partial charge in [-0.1, -0.05) is 12.1 Å². The van der Waals surface area contributed by atoms with Gasteiger partial charge in [-0.15, -0.1) is 5.10 Å². The zero-order valence-corrected chi connectivity index (χ0v) is 11.4. The fraction of sp³-hybridized carbons (Fsp3) is 0.267. The second-order valence-corrected chi connectivity index (χ2v) is 4.51. The van der Waals surface area contributed by atoms with Gasteiger partial charge >= 0.3 is 0 Å². The number of ether oxygens (including phenoxy) is 1. The Bertz CT molecular complexity index is 633. The van der Waals surface area contributed by atoms with E-state index in [0.717, 1.165) is 11.3 Å². The van der Waals surface area contributed by atoms with Crippen molar-refractivity contribution in [1.82, 2.24) is 10.2 Å². The summed E-state index contributed by atoms with van der Waals surface area (Å²) >= 11 is 0. The van der Waals surface area contributed by atoms with Crippen LogP contribution in [0.5, 0.6) is 5.88 Å². The molecule has 0 aliphatic rings. The molecule has 0 saturated carbocycles. The van der Waals surface area contributed by atoms with Gasteiger partial charge in [0, 0.05) is 6.07 Å². The Balaban J connectivity index is 1.99. The van der Waals surface area contributed by atoms with Crippen LogP contribution >= 0.6 is 0 Å². The zero-order chi connectivity index (χ0) is 14.5. The highest BCUT2D eigenvalue weighted by Gasteiger charge is 2.09. The lowest BCUT2D eigenvalue weighted by Crippen LogP contribution is -2.11. The summed E-state index contributed by atoms with van der Waals surface area (Å²) in [4.78, 5) is 0. The molecule has 102 valence electrons. The van der Waals surface area contributed by atoms with Crippen molar-refractivity contribution >= 4 is 0 Å². The fourth-order valence-electron chi connectivity index (χ4n) is 1.63. The summed E-state index contributed by atoms with van der Waals surface area (Å²) < 4.78 is 5.43. The number of aliphatic hydroxyl groups is 1. The molecule has 5 heteroatoms. The van der Waals surface area contributed by atoms with Crippen LogP contribution in [0.1, 0.15) is 28.5 Å². The molecule has 1 unspecified atom stereocenters. The lowest BCUT2D eigenvalue weighted by molar-refractivity contribution is 0.105.